The first-order chi connectivity index (χ1) is 6.47. The summed E-state index contributed by atoms with van der Waals surface area (Å²) in [5.41, 5.74) is 0. The summed E-state index contributed by atoms with van der Waals surface area (Å²) in [6.45, 7) is -0.673. The molecule has 7 nitrogen and oxygen atoms in total. The molecule has 0 aromatic rings. The van der Waals surface area contributed by atoms with Crippen LogP contribution in [0.25, 0.3) is 0 Å². The van der Waals surface area contributed by atoms with Crippen LogP contribution in [0.5, 0.6) is 0 Å². The second-order valence-electron chi connectivity index (χ2n) is 2.73. The van der Waals surface area contributed by atoms with Gasteiger partial charge in [-0.2, -0.15) is 0 Å². The van der Waals surface area contributed by atoms with Gasteiger partial charge in [-0.3, -0.25) is 9.59 Å². The standard InChI is InChI=1S/C7H13NO6/c9-3-4(10)2-8-5(7(13)14)1-6(11)12/h4-5,8-10H,1-3H2,(H,11,12)(H,13,14). The zero-order valence-corrected chi connectivity index (χ0v) is 7.38. The number of carboxylic acid groups (broad SMARTS) is 2. The number of nitrogens with one attached hydrogen (secondary N) is 1. The largest absolute Gasteiger partial charge is 0.481 e. The number of hydrogen-bond donors (Lipinski definition) is 5. The van der Waals surface area contributed by atoms with Gasteiger partial charge in [-0.15, -0.1) is 0 Å². The first-order valence-electron chi connectivity index (χ1n) is 3.94. The van der Waals surface area contributed by atoms with Crippen LogP contribution in [0.4, 0.5) is 0 Å². The third-order valence-electron chi connectivity index (χ3n) is 1.49. The van der Waals surface area contributed by atoms with Crippen LogP contribution in [-0.4, -0.2) is 57.7 Å². The maximum Gasteiger partial charge on any atom is 0.321 e. The summed E-state index contributed by atoms with van der Waals surface area (Å²) in [5, 5.41) is 36.5. The van der Waals surface area contributed by atoms with Crippen LogP contribution in [0.3, 0.4) is 0 Å². The van der Waals surface area contributed by atoms with Gasteiger partial charge in [0.15, 0.2) is 0 Å². The van der Waals surface area contributed by atoms with E-state index in [0.29, 0.717) is 0 Å². The fraction of sp³-hybridized carbons (Fsp3) is 0.714. The van der Waals surface area contributed by atoms with Crippen molar-refractivity contribution in [2.75, 3.05) is 13.2 Å². The molecule has 0 heterocycles. The van der Waals surface area contributed by atoms with E-state index in [1.165, 1.54) is 0 Å². The number of aliphatic hydroxyl groups excluding tert-OH is 2. The monoisotopic (exact) mass is 207 g/mol. The summed E-state index contributed by atoms with van der Waals surface area (Å²) >= 11 is 0. The zero-order valence-electron chi connectivity index (χ0n) is 7.38. The van der Waals surface area contributed by atoms with Crippen LogP contribution in [-0.2, 0) is 9.59 Å². The van der Waals surface area contributed by atoms with Gasteiger partial charge in [0.1, 0.15) is 6.04 Å². The van der Waals surface area contributed by atoms with Gasteiger partial charge in [0, 0.05) is 6.54 Å². The summed E-state index contributed by atoms with van der Waals surface area (Å²) in [5.74, 6) is -2.55. The van der Waals surface area contributed by atoms with Crippen molar-refractivity contribution in [1.82, 2.24) is 5.32 Å². The Labute approximate surface area is 80.0 Å². The number of carbonyl (C=O) groups is 2. The Bertz CT molecular complexity index is 206. The van der Waals surface area contributed by atoms with Crippen LogP contribution in [0.15, 0.2) is 0 Å². The Morgan fingerprint density at radius 1 is 1.29 bits per heavy atom. The summed E-state index contributed by atoms with van der Waals surface area (Å²) in [4.78, 5) is 20.7. The number of aliphatic hydroxyl groups is 2. The highest BCUT2D eigenvalue weighted by atomic mass is 16.4. The third kappa shape index (κ3) is 5.46. The molecule has 0 rings (SSSR count). The lowest BCUT2D eigenvalue weighted by molar-refractivity contribution is -0.146. The minimum atomic E-state index is -1.31. The molecule has 0 spiro atoms. The van der Waals surface area contributed by atoms with Crippen molar-refractivity contribution in [3.8, 4) is 0 Å². The molecule has 0 fully saturated rings. The minimum Gasteiger partial charge on any atom is -0.481 e. The van der Waals surface area contributed by atoms with Crippen LogP contribution < -0.4 is 5.32 Å². The molecule has 82 valence electrons. The van der Waals surface area contributed by atoms with Crippen molar-refractivity contribution in [3.05, 3.63) is 0 Å². The van der Waals surface area contributed by atoms with E-state index >= 15 is 0 Å². The highest BCUT2D eigenvalue weighted by Crippen LogP contribution is 1.93. The molecule has 0 aliphatic rings. The lowest BCUT2D eigenvalue weighted by Crippen LogP contribution is -2.43. The smallest absolute Gasteiger partial charge is 0.321 e. The Balaban J connectivity index is 3.97. The lowest BCUT2D eigenvalue weighted by atomic mass is 10.2. The second kappa shape index (κ2) is 6.30. The molecule has 0 aliphatic carbocycles. The van der Waals surface area contributed by atoms with Gasteiger partial charge in [0.2, 0.25) is 0 Å². The molecule has 5 N–H and O–H groups in total. The summed E-state index contributed by atoms with van der Waals surface area (Å²) in [6.07, 6.45) is -1.67. The second-order valence-corrected chi connectivity index (χ2v) is 2.73. The average Bonchev–Trinajstić information content (AvgIpc) is 2.10. The average molecular weight is 207 g/mol. The normalized spacial score (nSPS) is 14.7. The molecule has 2 unspecified atom stereocenters. The Morgan fingerprint density at radius 2 is 1.86 bits per heavy atom. The van der Waals surface area contributed by atoms with Crippen LogP contribution >= 0.6 is 0 Å². The molecule has 0 aromatic carbocycles. The molecular weight excluding hydrogens is 194 g/mol. The number of hydrogen-bond acceptors (Lipinski definition) is 5. The molecule has 0 aliphatic heterocycles. The van der Waals surface area contributed by atoms with Crippen LogP contribution in [0.2, 0.25) is 0 Å². The van der Waals surface area contributed by atoms with E-state index < -0.39 is 37.1 Å². The molecule has 0 saturated heterocycles. The van der Waals surface area contributed by atoms with E-state index in [0.717, 1.165) is 0 Å². The minimum absolute atomic E-state index is 0.166. The molecule has 7 heteroatoms. The van der Waals surface area contributed by atoms with Crippen LogP contribution in [0.1, 0.15) is 6.42 Å². The fourth-order valence-corrected chi connectivity index (χ4v) is 0.764. The quantitative estimate of drug-likeness (QED) is 0.322. The van der Waals surface area contributed by atoms with Gasteiger partial charge in [0.05, 0.1) is 19.1 Å². The highest BCUT2D eigenvalue weighted by Gasteiger charge is 2.20. The molecular formula is C7H13NO6. The van der Waals surface area contributed by atoms with E-state index in [4.69, 9.17) is 20.4 Å². The van der Waals surface area contributed by atoms with Crippen molar-refractivity contribution in [3.63, 3.8) is 0 Å². The third-order valence-corrected chi connectivity index (χ3v) is 1.49. The Hall–Kier alpha value is -1.18. The molecule has 0 bridgehead atoms. The Kier molecular flexibility index (Phi) is 5.77. The van der Waals surface area contributed by atoms with E-state index in [-0.39, 0.29) is 6.54 Å². The summed E-state index contributed by atoms with van der Waals surface area (Å²) in [7, 11) is 0. The van der Waals surface area contributed by atoms with Crippen molar-refractivity contribution < 1.29 is 30.0 Å². The highest BCUT2D eigenvalue weighted by molar-refractivity contribution is 5.80. The first kappa shape index (κ1) is 12.8. The molecule has 2 atom stereocenters. The SMILES string of the molecule is O=C(O)CC(NCC(O)CO)C(=O)O. The van der Waals surface area contributed by atoms with Gasteiger partial charge in [-0.1, -0.05) is 0 Å². The first-order valence-corrected chi connectivity index (χ1v) is 3.94. The molecule has 14 heavy (non-hydrogen) atoms. The van der Waals surface area contributed by atoms with Gasteiger partial charge >= 0.3 is 11.9 Å². The lowest BCUT2D eigenvalue weighted by Gasteiger charge is -2.14. The molecule has 0 aromatic heterocycles. The van der Waals surface area contributed by atoms with Gasteiger partial charge in [-0.25, -0.2) is 0 Å². The molecule has 0 amide bonds. The van der Waals surface area contributed by atoms with E-state index in [1.807, 2.05) is 0 Å². The fourth-order valence-electron chi connectivity index (χ4n) is 0.764. The van der Waals surface area contributed by atoms with Crippen molar-refractivity contribution in [2.45, 2.75) is 18.6 Å². The van der Waals surface area contributed by atoms with E-state index in [1.54, 1.807) is 0 Å². The summed E-state index contributed by atoms with van der Waals surface area (Å²) < 4.78 is 0. The number of carboxylic acids is 2. The summed E-state index contributed by atoms with van der Waals surface area (Å²) in [6, 6.07) is -1.26. The van der Waals surface area contributed by atoms with Gasteiger partial charge in [0.25, 0.3) is 0 Å². The topological polar surface area (TPSA) is 127 Å². The number of rotatable bonds is 7. The molecule has 0 radical (unpaired) electrons. The van der Waals surface area contributed by atoms with Gasteiger partial charge in [-0.05, 0) is 0 Å². The predicted octanol–water partition coefficient (Wildman–Crippen LogP) is -2.14. The number of aliphatic carboxylic acids is 2. The molecule has 0 saturated carbocycles. The Morgan fingerprint density at radius 3 is 2.21 bits per heavy atom. The van der Waals surface area contributed by atoms with Crippen LogP contribution in [0, 0.1) is 0 Å². The van der Waals surface area contributed by atoms with Gasteiger partial charge < -0.3 is 25.7 Å². The maximum atomic E-state index is 10.5. The van der Waals surface area contributed by atoms with E-state index in [2.05, 4.69) is 5.32 Å². The van der Waals surface area contributed by atoms with E-state index in [9.17, 15) is 9.59 Å². The zero-order chi connectivity index (χ0) is 11.1. The predicted molar refractivity (Wildman–Crippen MR) is 44.8 cm³/mol. The van der Waals surface area contributed by atoms with Crippen molar-refractivity contribution in [2.24, 2.45) is 0 Å². The van der Waals surface area contributed by atoms with Crippen molar-refractivity contribution >= 4 is 11.9 Å². The maximum absolute atomic E-state index is 10.5. The van der Waals surface area contributed by atoms with Crippen molar-refractivity contribution in [1.29, 1.82) is 0 Å².